The summed E-state index contributed by atoms with van der Waals surface area (Å²) in [5, 5.41) is 7.17. The highest BCUT2D eigenvalue weighted by Gasteiger charge is 2.31. The molecule has 0 unspecified atom stereocenters. The van der Waals surface area contributed by atoms with E-state index in [9.17, 15) is 35.9 Å². The van der Waals surface area contributed by atoms with Gasteiger partial charge in [-0.2, -0.15) is 36.5 Å². The van der Waals surface area contributed by atoms with Gasteiger partial charge in [0.05, 0.1) is 23.6 Å². The summed E-state index contributed by atoms with van der Waals surface area (Å²) in [7, 11) is 0. The van der Waals surface area contributed by atoms with Crippen LogP contribution in [0.4, 0.5) is 26.3 Å². The van der Waals surface area contributed by atoms with Crippen molar-refractivity contribution in [2.45, 2.75) is 12.4 Å². The van der Waals surface area contributed by atoms with E-state index in [0.717, 1.165) is 36.7 Å². The molecule has 1 aromatic heterocycles. The molecule has 0 aliphatic rings. The van der Waals surface area contributed by atoms with Crippen LogP contribution >= 0.6 is 0 Å². The number of carbonyl (C=O) groups is 2. The average molecular weight is 507 g/mol. The Morgan fingerprint density at radius 3 is 1.44 bits per heavy atom. The van der Waals surface area contributed by atoms with Crippen molar-refractivity contribution >= 4 is 24.2 Å². The number of pyridine rings is 1. The summed E-state index contributed by atoms with van der Waals surface area (Å²) < 4.78 is 76.6. The number of hydrogen-bond donors (Lipinski definition) is 2. The molecule has 0 radical (unpaired) electrons. The molecule has 0 bridgehead atoms. The fourth-order valence-corrected chi connectivity index (χ4v) is 2.72. The predicted molar refractivity (Wildman–Crippen MR) is 117 cm³/mol. The fraction of sp³-hybridized carbons (Fsp3) is 0.0870. The van der Waals surface area contributed by atoms with Gasteiger partial charge in [-0.25, -0.2) is 15.8 Å². The maximum absolute atomic E-state index is 12.8. The highest BCUT2D eigenvalue weighted by Crippen LogP contribution is 2.30. The van der Waals surface area contributed by atoms with Gasteiger partial charge in [-0.05, 0) is 47.5 Å². The van der Waals surface area contributed by atoms with Crippen molar-refractivity contribution in [3.63, 3.8) is 0 Å². The number of rotatable bonds is 6. The molecule has 0 aliphatic carbocycles. The largest absolute Gasteiger partial charge is 0.416 e. The van der Waals surface area contributed by atoms with Crippen LogP contribution in [-0.4, -0.2) is 29.2 Å². The standard InChI is InChI=1S/C23H15F6N5O2/c24-22(25,26)16-6-1-4-14(10-16)12-30-33-20(35)18-8-3-9-19(32-18)21(36)34-31-13-15-5-2-7-17(11-15)23(27,28)29/h1-13H,(H,33,35)(H,34,36). The monoisotopic (exact) mass is 507 g/mol. The van der Waals surface area contributed by atoms with Gasteiger partial charge in [0.2, 0.25) is 0 Å². The Morgan fingerprint density at radius 2 is 1.06 bits per heavy atom. The first-order chi connectivity index (χ1) is 16.9. The lowest BCUT2D eigenvalue weighted by atomic mass is 10.1. The number of nitrogens with zero attached hydrogens (tertiary/aromatic N) is 3. The SMILES string of the molecule is O=C(NN=Cc1cccc(C(F)(F)F)c1)c1cccc(C(=O)NN=Cc2cccc(C(F)(F)F)c2)n1. The second-order valence-corrected chi connectivity index (χ2v) is 7.05. The normalized spacial score (nSPS) is 12.2. The van der Waals surface area contributed by atoms with Crippen molar-refractivity contribution in [2.24, 2.45) is 10.2 Å². The zero-order valence-corrected chi connectivity index (χ0v) is 17.9. The maximum atomic E-state index is 12.8. The van der Waals surface area contributed by atoms with E-state index >= 15 is 0 Å². The Hall–Kier alpha value is -4.55. The Kier molecular flexibility index (Phi) is 7.82. The third-order valence-electron chi connectivity index (χ3n) is 4.40. The summed E-state index contributed by atoms with van der Waals surface area (Å²) in [4.78, 5) is 28.3. The van der Waals surface area contributed by atoms with Gasteiger partial charge >= 0.3 is 12.4 Å². The third-order valence-corrected chi connectivity index (χ3v) is 4.40. The van der Waals surface area contributed by atoms with E-state index in [2.05, 4.69) is 26.0 Å². The van der Waals surface area contributed by atoms with Crippen LogP contribution in [0.3, 0.4) is 0 Å². The van der Waals surface area contributed by atoms with Crippen molar-refractivity contribution in [1.29, 1.82) is 0 Å². The topological polar surface area (TPSA) is 95.8 Å². The minimum Gasteiger partial charge on any atom is -0.266 e. The molecular weight excluding hydrogens is 492 g/mol. The van der Waals surface area contributed by atoms with Crippen molar-refractivity contribution in [3.05, 3.63) is 100 Å². The van der Waals surface area contributed by atoms with Gasteiger partial charge in [-0.15, -0.1) is 0 Å². The number of alkyl halides is 6. The number of hydrazone groups is 2. The molecular formula is C23H15F6N5O2. The van der Waals surface area contributed by atoms with Crippen molar-refractivity contribution in [2.75, 3.05) is 0 Å². The number of carbonyl (C=O) groups excluding carboxylic acids is 2. The van der Waals surface area contributed by atoms with Crippen LogP contribution in [0.2, 0.25) is 0 Å². The molecule has 7 nitrogen and oxygen atoms in total. The number of amides is 2. The molecule has 2 N–H and O–H groups in total. The van der Waals surface area contributed by atoms with E-state index in [1.54, 1.807) is 0 Å². The molecule has 2 aromatic carbocycles. The minimum absolute atomic E-state index is 0.0878. The third kappa shape index (κ3) is 7.22. The lowest BCUT2D eigenvalue weighted by molar-refractivity contribution is -0.138. The van der Waals surface area contributed by atoms with Gasteiger partial charge in [0, 0.05) is 0 Å². The molecule has 1 heterocycles. The van der Waals surface area contributed by atoms with E-state index in [4.69, 9.17) is 0 Å². The zero-order valence-electron chi connectivity index (χ0n) is 17.9. The lowest BCUT2D eigenvalue weighted by Gasteiger charge is -2.06. The summed E-state index contributed by atoms with van der Waals surface area (Å²) in [6, 6.07) is 12.4. The van der Waals surface area contributed by atoms with Gasteiger partial charge in [0.15, 0.2) is 0 Å². The summed E-state index contributed by atoms with van der Waals surface area (Å²) >= 11 is 0. The lowest BCUT2D eigenvalue weighted by Crippen LogP contribution is -2.23. The Balaban J connectivity index is 1.61. The van der Waals surface area contributed by atoms with Crippen molar-refractivity contribution in [3.8, 4) is 0 Å². The van der Waals surface area contributed by atoms with Crippen LogP contribution in [0, 0.1) is 0 Å². The van der Waals surface area contributed by atoms with Crippen LogP contribution in [0.25, 0.3) is 0 Å². The molecule has 2 amide bonds. The number of benzene rings is 2. The quantitative estimate of drug-likeness (QED) is 0.289. The summed E-state index contributed by atoms with van der Waals surface area (Å²) in [5.74, 6) is -1.69. The van der Waals surface area contributed by atoms with E-state index in [0.29, 0.717) is 0 Å². The van der Waals surface area contributed by atoms with Crippen LogP contribution in [0.15, 0.2) is 76.9 Å². The molecule has 0 atom stereocenters. The minimum atomic E-state index is -4.53. The highest BCUT2D eigenvalue weighted by atomic mass is 19.4. The van der Waals surface area contributed by atoms with Crippen LogP contribution < -0.4 is 10.9 Å². The molecule has 0 spiro atoms. The second-order valence-electron chi connectivity index (χ2n) is 7.05. The Bertz CT molecular complexity index is 1220. The smallest absolute Gasteiger partial charge is 0.266 e. The molecule has 3 aromatic rings. The average Bonchev–Trinajstić information content (AvgIpc) is 2.83. The van der Waals surface area contributed by atoms with Crippen LogP contribution in [0.5, 0.6) is 0 Å². The molecule has 0 saturated carbocycles. The van der Waals surface area contributed by atoms with Gasteiger partial charge in [-0.1, -0.05) is 30.3 Å². The second kappa shape index (κ2) is 10.8. The first-order valence-corrected chi connectivity index (χ1v) is 9.92. The Labute approximate surface area is 199 Å². The number of halogens is 6. The molecule has 0 saturated heterocycles. The summed E-state index contributed by atoms with van der Waals surface area (Å²) in [6.45, 7) is 0. The van der Waals surface area contributed by atoms with Gasteiger partial charge in [0.25, 0.3) is 11.8 Å². The zero-order chi connectivity index (χ0) is 26.3. The van der Waals surface area contributed by atoms with Crippen LogP contribution in [-0.2, 0) is 12.4 Å². The van der Waals surface area contributed by atoms with E-state index in [-0.39, 0.29) is 22.5 Å². The molecule has 0 aliphatic heterocycles. The highest BCUT2D eigenvalue weighted by molar-refractivity contribution is 5.97. The molecule has 0 fully saturated rings. The van der Waals surface area contributed by atoms with Gasteiger partial charge in [-0.3, -0.25) is 9.59 Å². The molecule has 186 valence electrons. The van der Waals surface area contributed by atoms with Crippen molar-refractivity contribution < 1.29 is 35.9 Å². The Morgan fingerprint density at radius 1 is 0.667 bits per heavy atom. The first kappa shape index (κ1) is 26.1. The first-order valence-electron chi connectivity index (χ1n) is 9.92. The van der Waals surface area contributed by atoms with Crippen molar-refractivity contribution in [1.82, 2.24) is 15.8 Å². The molecule has 36 heavy (non-hydrogen) atoms. The van der Waals surface area contributed by atoms with Crippen LogP contribution in [0.1, 0.15) is 43.2 Å². The van der Waals surface area contributed by atoms with E-state index < -0.39 is 35.3 Å². The molecule has 13 heteroatoms. The number of nitrogens with one attached hydrogen (secondary N) is 2. The van der Waals surface area contributed by atoms with E-state index in [1.807, 2.05) is 0 Å². The van der Waals surface area contributed by atoms with Gasteiger partial charge < -0.3 is 0 Å². The summed E-state index contributed by atoms with van der Waals surface area (Å²) in [5.41, 5.74) is 2.13. The predicted octanol–water partition coefficient (Wildman–Crippen LogP) is 4.65. The maximum Gasteiger partial charge on any atom is 0.416 e. The summed E-state index contributed by atoms with van der Waals surface area (Å²) in [6.07, 6.45) is -7.05. The number of hydrogen-bond acceptors (Lipinski definition) is 5. The number of aromatic nitrogens is 1. The fourth-order valence-electron chi connectivity index (χ4n) is 2.72. The van der Waals surface area contributed by atoms with Gasteiger partial charge in [0.1, 0.15) is 11.4 Å². The van der Waals surface area contributed by atoms with E-state index in [1.165, 1.54) is 42.5 Å². The molecule has 3 rings (SSSR count).